The summed E-state index contributed by atoms with van der Waals surface area (Å²) in [5.41, 5.74) is -0.809. The average molecular weight is 300 g/mol. The van der Waals surface area contributed by atoms with Crippen LogP contribution in [-0.2, 0) is 6.18 Å². The van der Waals surface area contributed by atoms with Crippen molar-refractivity contribution in [3.05, 3.63) is 29.3 Å². The third-order valence-electron chi connectivity index (χ3n) is 3.76. The monoisotopic (exact) mass is 300 g/mol. The molecule has 0 aromatic heterocycles. The molecule has 3 nitrogen and oxygen atoms in total. The van der Waals surface area contributed by atoms with Crippen molar-refractivity contribution in [1.29, 1.82) is 0 Å². The van der Waals surface area contributed by atoms with Gasteiger partial charge >= 0.3 is 6.18 Å². The van der Waals surface area contributed by atoms with E-state index in [9.17, 15) is 18.0 Å². The molecule has 1 aliphatic rings. The zero-order valence-corrected chi connectivity index (χ0v) is 12.1. The van der Waals surface area contributed by atoms with Gasteiger partial charge in [-0.2, -0.15) is 13.2 Å². The third-order valence-corrected chi connectivity index (χ3v) is 3.76. The normalized spacial score (nSPS) is 21.0. The van der Waals surface area contributed by atoms with E-state index in [4.69, 9.17) is 0 Å². The van der Waals surface area contributed by atoms with Gasteiger partial charge in [-0.3, -0.25) is 4.79 Å². The molecule has 0 saturated heterocycles. The largest absolute Gasteiger partial charge is 0.418 e. The molecule has 1 amide bonds. The van der Waals surface area contributed by atoms with Crippen LogP contribution in [0.25, 0.3) is 0 Å². The van der Waals surface area contributed by atoms with Crippen molar-refractivity contribution in [3.8, 4) is 0 Å². The number of hydrogen-bond acceptors (Lipinski definition) is 2. The number of carbonyl (C=O) groups is 1. The van der Waals surface area contributed by atoms with E-state index in [0.717, 1.165) is 25.3 Å². The van der Waals surface area contributed by atoms with Crippen LogP contribution in [0.5, 0.6) is 0 Å². The van der Waals surface area contributed by atoms with Crippen molar-refractivity contribution in [2.75, 3.05) is 12.4 Å². The maximum Gasteiger partial charge on any atom is 0.418 e. The number of amides is 1. The van der Waals surface area contributed by atoms with Gasteiger partial charge in [0.25, 0.3) is 5.91 Å². The van der Waals surface area contributed by atoms with E-state index in [-0.39, 0.29) is 17.3 Å². The molecule has 0 spiro atoms. The van der Waals surface area contributed by atoms with Gasteiger partial charge in [0.15, 0.2) is 0 Å². The van der Waals surface area contributed by atoms with Crippen molar-refractivity contribution >= 4 is 11.6 Å². The molecule has 2 rings (SSSR count). The lowest BCUT2D eigenvalue weighted by Crippen LogP contribution is -2.27. The van der Waals surface area contributed by atoms with Crippen LogP contribution in [0.1, 0.15) is 42.1 Å². The molecule has 0 radical (unpaired) electrons. The SMILES string of the molecule is CCCC1CC1NC(=O)c1ccc(NC)c(C(F)(F)F)c1. The Bertz CT molecular complexity index is 528. The number of alkyl halides is 3. The van der Waals surface area contributed by atoms with Gasteiger partial charge in [-0.1, -0.05) is 13.3 Å². The molecule has 1 saturated carbocycles. The number of anilines is 1. The van der Waals surface area contributed by atoms with E-state index in [0.29, 0.717) is 5.92 Å². The van der Waals surface area contributed by atoms with Crippen LogP contribution in [0.4, 0.5) is 18.9 Å². The fourth-order valence-electron chi connectivity index (χ4n) is 2.50. The summed E-state index contributed by atoms with van der Waals surface area (Å²) < 4.78 is 38.8. The molecule has 1 aromatic carbocycles. The first-order valence-electron chi connectivity index (χ1n) is 7.06. The smallest absolute Gasteiger partial charge is 0.388 e. The molecule has 1 aliphatic carbocycles. The van der Waals surface area contributed by atoms with E-state index in [1.807, 2.05) is 0 Å². The summed E-state index contributed by atoms with van der Waals surface area (Å²) in [5, 5.41) is 5.29. The lowest BCUT2D eigenvalue weighted by atomic mass is 10.1. The molecule has 0 aliphatic heterocycles. The highest BCUT2D eigenvalue weighted by molar-refractivity contribution is 5.95. The molecule has 2 atom stereocenters. The number of rotatable bonds is 5. The van der Waals surface area contributed by atoms with Gasteiger partial charge in [0.1, 0.15) is 0 Å². The van der Waals surface area contributed by atoms with Gasteiger partial charge < -0.3 is 10.6 Å². The van der Waals surface area contributed by atoms with Crippen LogP contribution in [0.3, 0.4) is 0 Å². The van der Waals surface area contributed by atoms with E-state index in [1.165, 1.54) is 19.2 Å². The first kappa shape index (κ1) is 15.7. The van der Waals surface area contributed by atoms with Gasteiger partial charge in [0.2, 0.25) is 0 Å². The predicted molar refractivity (Wildman–Crippen MR) is 75.3 cm³/mol. The van der Waals surface area contributed by atoms with E-state index in [1.54, 1.807) is 0 Å². The molecule has 2 N–H and O–H groups in total. The quantitative estimate of drug-likeness (QED) is 0.871. The van der Waals surface area contributed by atoms with E-state index >= 15 is 0 Å². The Morgan fingerprint density at radius 1 is 1.38 bits per heavy atom. The summed E-state index contributed by atoms with van der Waals surface area (Å²) in [4.78, 5) is 12.0. The Kier molecular flexibility index (Phi) is 4.44. The number of halogens is 3. The summed E-state index contributed by atoms with van der Waals surface area (Å²) in [6, 6.07) is 3.70. The van der Waals surface area contributed by atoms with Gasteiger partial charge in [0.05, 0.1) is 5.56 Å². The maximum atomic E-state index is 12.9. The zero-order chi connectivity index (χ0) is 15.6. The van der Waals surface area contributed by atoms with Crippen LogP contribution >= 0.6 is 0 Å². The molecule has 1 fully saturated rings. The van der Waals surface area contributed by atoms with Crippen molar-refractivity contribution in [1.82, 2.24) is 5.32 Å². The number of hydrogen-bond donors (Lipinski definition) is 2. The summed E-state index contributed by atoms with van der Waals surface area (Å²) in [5.74, 6) is 0.0318. The number of benzene rings is 1. The topological polar surface area (TPSA) is 41.1 Å². The average Bonchev–Trinajstić information content (AvgIpc) is 3.15. The Hall–Kier alpha value is -1.72. The van der Waals surface area contributed by atoms with Crippen LogP contribution < -0.4 is 10.6 Å². The molecule has 2 unspecified atom stereocenters. The third kappa shape index (κ3) is 3.68. The molecule has 0 heterocycles. The second-order valence-electron chi connectivity index (χ2n) is 5.37. The van der Waals surface area contributed by atoms with Gasteiger partial charge in [-0.05, 0) is 37.0 Å². The van der Waals surface area contributed by atoms with Gasteiger partial charge in [-0.25, -0.2) is 0 Å². The summed E-state index contributed by atoms with van der Waals surface area (Å²) in [6.07, 6.45) is -1.48. The lowest BCUT2D eigenvalue weighted by molar-refractivity contribution is -0.136. The van der Waals surface area contributed by atoms with E-state index < -0.39 is 17.6 Å². The Morgan fingerprint density at radius 3 is 2.67 bits per heavy atom. The predicted octanol–water partition coefficient (Wildman–Crippen LogP) is 3.67. The van der Waals surface area contributed by atoms with Gasteiger partial charge in [-0.15, -0.1) is 0 Å². The molecule has 1 aromatic rings. The minimum Gasteiger partial charge on any atom is -0.388 e. The van der Waals surface area contributed by atoms with Crippen molar-refractivity contribution in [2.24, 2.45) is 5.92 Å². The highest BCUT2D eigenvalue weighted by Gasteiger charge is 2.38. The molecule has 0 bridgehead atoms. The summed E-state index contributed by atoms with van der Waals surface area (Å²) in [6.45, 7) is 2.07. The van der Waals surface area contributed by atoms with Crippen LogP contribution in [0.2, 0.25) is 0 Å². The highest BCUT2D eigenvalue weighted by Crippen LogP contribution is 2.36. The standard InChI is InChI=1S/C15H19F3N2O/c1-3-4-9-8-13(9)20-14(21)10-5-6-12(19-2)11(7-10)15(16,17)18/h5-7,9,13,19H,3-4,8H2,1-2H3,(H,20,21). The summed E-state index contributed by atoms with van der Waals surface area (Å²) in [7, 11) is 1.42. The Morgan fingerprint density at radius 2 is 2.10 bits per heavy atom. The molecular formula is C15H19F3N2O. The van der Waals surface area contributed by atoms with E-state index in [2.05, 4.69) is 17.6 Å². The second kappa shape index (κ2) is 5.95. The fourth-order valence-corrected chi connectivity index (χ4v) is 2.50. The van der Waals surface area contributed by atoms with Crippen LogP contribution in [0, 0.1) is 5.92 Å². The first-order valence-corrected chi connectivity index (χ1v) is 7.06. The lowest BCUT2D eigenvalue weighted by Gasteiger charge is -2.14. The zero-order valence-electron chi connectivity index (χ0n) is 12.1. The number of carbonyl (C=O) groups excluding carboxylic acids is 1. The van der Waals surface area contributed by atoms with Gasteiger partial charge in [0, 0.05) is 24.3 Å². The first-order chi connectivity index (χ1) is 9.86. The summed E-state index contributed by atoms with van der Waals surface area (Å²) >= 11 is 0. The molecule has 116 valence electrons. The Balaban J connectivity index is 2.12. The van der Waals surface area contributed by atoms with Crippen LogP contribution in [-0.4, -0.2) is 19.0 Å². The molecule has 6 heteroatoms. The molecular weight excluding hydrogens is 281 g/mol. The maximum absolute atomic E-state index is 12.9. The van der Waals surface area contributed by atoms with Crippen molar-refractivity contribution in [3.63, 3.8) is 0 Å². The number of nitrogens with one attached hydrogen (secondary N) is 2. The second-order valence-corrected chi connectivity index (χ2v) is 5.37. The highest BCUT2D eigenvalue weighted by atomic mass is 19.4. The van der Waals surface area contributed by atoms with Crippen molar-refractivity contribution < 1.29 is 18.0 Å². The Labute approximate surface area is 121 Å². The molecule has 21 heavy (non-hydrogen) atoms. The van der Waals surface area contributed by atoms with Crippen LogP contribution in [0.15, 0.2) is 18.2 Å². The fraction of sp³-hybridized carbons (Fsp3) is 0.533. The minimum absolute atomic E-state index is 0.0330. The minimum atomic E-state index is -4.49. The van der Waals surface area contributed by atoms with Crippen molar-refractivity contribution in [2.45, 2.75) is 38.4 Å².